The van der Waals surface area contributed by atoms with Crippen LogP contribution in [0.25, 0.3) is 0 Å². The molecule has 1 N–H and O–H groups in total. The maximum atomic E-state index is 5.61. The highest BCUT2D eigenvalue weighted by atomic mass is 16.5. The molecule has 3 nitrogen and oxygen atoms in total. The summed E-state index contributed by atoms with van der Waals surface area (Å²) in [5.41, 5.74) is 1.29. The molecular formula is C20H29NO2. The molecule has 0 aliphatic heterocycles. The topological polar surface area (TPSA) is 30.5 Å². The molecule has 0 aromatic heterocycles. The maximum absolute atomic E-state index is 5.61. The summed E-state index contributed by atoms with van der Waals surface area (Å²) >= 11 is 0. The van der Waals surface area contributed by atoms with E-state index < -0.39 is 0 Å². The van der Waals surface area contributed by atoms with E-state index in [2.05, 4.69) is 17.4 Å². The van der Waals surface area contributed by atoms with E-state index in [-0.39, 0.29) is 0 Å². The van der Waals surface area contributed by atoms with Crippen LogP contribution in [0.4, 0.5) is 0 Å². The van der Waals surface area contributed by atoms with Crippen LogP contribution in [0.2, 0.25) is 0 Å². The van der Waals surface area contributed by atoms with Crippen molar-refractivity contribution in [1.29, 1.82) is 0 Å². The Bertz CT molecular complexity index is 529. The Hall–Kier alpha value is -1.22. The average molecular weight is 315 g/mol. The van der Waals surface area contributed by atoms with Gasteiger partial charge in [-0.05, 0) is 80.4 Å². The average Bonchev–Trinajstić information content (AvgIpc) is 2.55. The molecule has 0 radical (unpaired) electrons. The van der Waals surface area contributed by atoms with E-state index >= 15 is 0 Å². The van der Waals surface area contributed by atoms with Crippen molar-refractivity contribution < 1.29 is 9.47 Å². The van der Waals surface area contributed by atoms with Crippen LogP contribution in [0.15, 0.2) is 18.2 Å². The van der Waals surface area contributed by atoms with Gasteiger partial charge in [-0.3, -0.25) is 0 Å². The predicted molar refractivity (Wildman–Crippen MR) is 91.8 cm³/mol. The second kappa shape index (κ2) is 6.35. The first-order chi connectivity index (χ1) is 11.3. The number of hydrogen-bond acceptors (Lipinski definition) is 3. The van der Waals surface area contributed by atoms with Crippen molar-refractivity contribution in [2.24, 2.45) is 23.7 Å². The van der Waals surface area contributed by atoms with Gasteiger partial charge in [0.05, 0.1) is 13.7 Å². The van der Waals surface area contributed by atoms with Crippen LogP contribution in [-0.2, 0) is 6.54 Å². The molecule has 4 fully saturated rings. The van der Waals surface area contributed by atoms with Gasteiger partial charge < -0.3 is 14.8 Å². The van der Waals surface area contributed by atoms with Gasteiger partial charge in [0.25, 0.3) is 0 Å². The lowest BCUT2D eigenvalue weighted by Crippen LogP contribution is -2.54. The minimum atomic E-state index is 0.668. The third kappa shape index (κ3) is 2.96. The maximum Gasteiger partial charge on any atom is 0.161 e. The molecule has 0 atom stereocenters. The third-order valence-corrected chi connectivity index (χ3v) is 6.30. The van der Waals surface area contributed by atoms with Gasteiger partial charge in [-0.2, -0.15) is 0 Å². The third-order valence-electron chi connectivity index (χ3n) is 6.30. The zero-order valence-electron chi connectivity index (χ0n) is 14.4. The number of rotatable bonds is 6. The lowest BCUT2D eigenvalue weighted by atomic mass is 9.54. The standard InChI is InChI=1S/C20H29NO2/c1-3-23-18-5-4-13(11-19(18)22-2)12-21-20-16-7-14-6-15(9-16)10-17(20)8-14/h4-5,11,14-17,20-21H,3,6-10,12H2,1-2H3. The fourth-order valence-electron chi connectivity index (χ4n) is 5.59. The van der Waals surface area contributed by atoms with E-state index in [9.17, 15) is 0 Å². The van der Waals surface area contributed by atoms with Gasteiger partial charge in [0.15, 0.2) is 11.5 Å². The molecule has 1 aromatic rings. The molecule has 5 rings (SSSR count). The van der Waals surface area contributed by atoms with Gasteiger partial charge in [-0.25, -0.2) is 0 Å². The molecule has 126 valence electrons. The van der Waals surface area contributed by atoms with Crippen molar-refractivity contribution >= 4 is 0 Å². The Balaban J connectivity index is 1.41. The molecule has 4 saturated carbocycles. The van der Waals surface area contributed by atoms with Gasteiger partial charge in [-0.1, -0.05) is 6.07 Å². The van der Waals surface area contributed by atoms with Crippen LogP contribution in [0.3, 0.4) is 0 Å². The van der Waals surface area contributed by atoms with Crippen molar-refractivity contribution in [3.8, 4) is 11.5 Å². The smallest absolute Gasteiger partial charge is 0.161 e. The second-order valence-corrected chi connectivity index (χ2v) is 7.76. The minimum absolute atomic E-state index is 0.668. The number of nitrogens with one attached hydrogen (secondary N) is 1. The van der Waals surface area contributed by atoms with Gasteiger partial charge in [-0.15, -0.1) is 0 Å². The fourth-order valence-corrected chi connectivity index (χ4v) is 5.59. The Kier molecular flexibility index (Phi) is 4.23. The summed E-state index contributed by atoms with van der Waals surface area (Å²) in [6.07, 6.45) is 7.40. The zero-order chi connectivity index (χ0) is 15.8. The molecule has 4 aliphatic carbocycles. The van der Waals surface area contributed by atoms with Crippen molar-refractivity contribution in [3.05, 3.63) is 23.8 Å². The Morgan fingerprint density at radius 1 is 1.00 bits per heavy atom. The number of hydrogen-bond donors (Lipinski definition) is 1. The second-order valence-electron chi connectivity index (χ2n) is 7.76. The Morgan fingerprint density at radius 2 is 1.70 bits per heavy atom. The quantitative estimate of drug-likeness (QED) is 0.860. The number of ether oxygens (including phenoxy) is 2. The van der Waals surface area contributed by atoms with Crippen molar-refractivity contribution in [3.63, 3.8) is 0 Å². The fraction of sp³-hybridized carbons (Fsp3) is 0.700. The normalized spacial score (nSPS) is 34.6. The first-order valence-corrected chi connectivity index (χ1v) is 9.30. The Labute approximate surface area is 139 Å². The molecule has 0 amide bonds. The molecule has 0 saturated heterocycles. The molecule has 23 heavy (non-hydrogen) atoms. The molecule has 3 heteroatoms. The molecule has 4 aliphatic rings. The summed E-state index contributed by atoms with van der Waals surface area (Å²) in [4.78, 5) is 0. The summed E-state index contributed by atoms with van der Waals surface area (Å²) in [5.74, 6) is 5.62. The van der Waals surface area contributed by atoms with Gasteiger partial charge in [0.2, 0.25) is 0 Å². The number of methoxy groups -OCH3 is 1. The molecule has 4 bridgehead atoms. The van der Waals surface area contributed by atoms with Crippen molar-refractivity contribution in [1.82, 2.24) is 5.32 Å². The zero-order valence-corrected chi connectivity index (χ0v) is 14.4. The molecule has 0 heterocycles. The summed E-state index contributed by atoms with van der Waals surface area (Å²) in [5, 5.41) is 3.89. The Morgan fingerprint density at radius 3 is 2.30 bits per heavy atom. The summed E-state index contributed by atoms with van der Waals surface area (Å²) in [6, 6.07) is 7.06. The van der Waals surface area contributed by atoms with E-state index in [0.717, 1.165) is 47.8 Å². The van der Waals surface area contributed by atoms with Crippen LogP contribution >= 0.6 is 0 Å². The van der Waals surface area contributed by atoms with Crippen LogP contribution in [0, 0.1) is 23.7 Å². The summed E-state index contributed by atoms with van der Waals surface area (Å²) in [7, 11) is 1.72. The molecule has 0 unspecified atom stereocenters. The van der Waals surface area contributed by atoms with Gasteiger partial charge in [0.1, 0.15) is 0 Å². The molecule has 1 aromatic carbocycles. The summed E-state index contributed by atoms with van der Waals surface area (Å²) in [6.45, 7) is 3.61. The molecule has 0 spiro atoms. The van der Waals surface area contributed by atoms with E-state index in [1.54, 1.807) is 7.11 Å². The van der Waals surface area contributed by atoms with Gasteiger partial charge >= 0.3 is 0 Å². The lowest BCUT2D eigenvalue weighted by Gasteiger charge is -2.54. The predicted octanol–water partition coefficient (Wildman–Crippen LogP) is 4.01. The van der Waals surface area contributed by atoms with Crippen LogP contribution in [-0.4, -0.2) is 19.8 Å². The van der Waals surface area contributed by atoms with E-state index in [4.69, 9.17) is 9.47 Å². The molecular weight excluding hydrogens is 286 g/mol. The van der Waals surface area contributed by atoms with E-state index in [0.29, 0.717) is 6.61 Å². The van der Waals surface area contributed by atoms with Crippen LogP contribution < -0.4 is 14.8 Å². The largest absolute Gasteiger partial charge is 0.493 e. The van der Waals surface area contributed by atoms with Crippen molar-refractivity contribution in [2.45, 2.75) is 51.6 Å². The number of benzene rings is 1. The lowest BCUT2D eigenvalue weighted by molar-refractivity contribution is -0.0142. The SMILES string of the molecule is CCOc1ccc(CNC2C3CC4CC(C3)CC2C4)cc1OC. The monoisotopic (exact) mass is 315 g/mol. The van der Waals surface area contributed by atoms with Crippen LogP contribution in [0.1, 0.15) is 44.6 Å². The summed E-state index contributed by atoms with van der Waals surface area (Å²) < 4.78 is 11.1. The highest BCUT2D eigenvalue weighted by Gasteiger charge is 2.47. The van der Waals surface area contributed by atoms with Crippen LogP contribution in [0.5, 0.6) is 11.5 Å². The van der Waals surface area contributed by atoms with Crippen molar-refractivity contribution in [2.75, 3.05) is 13.7 Å². The highest BCUT2D eigenvalue weighted by molar-refractivity contribution is 5.43. The first-order valence-electron chi connectivity index (χ1n) is 9.30. The van der Waals surface area contributed by atoms with E-state index in [1.807, 2.05) is 13.0 Å². The van der Waals surface area contributed by atoms with E-state index in [1.165, 1.54) is 37.7 Å². The minimum Gasteiger partial charge on any atom is -0.493 e. The first kappa shape index (κ1) is 15.3. The highest BCUT2D eigenvalue weighted by Crippen LogP contribution is 2.53. The van der Waals surface area contributed by atoms with Gasteiger partial charge in [0, 0.05) is 12.6 Å².